The highest BCUT2D eigenvalue weighted by Crippen LogP contribution is 2.20. The molecule has 0 amide bonds. The van der Waals surface area contributed by atoms with Crippen LogP contribution in [0.15, 0.2) is 10.9 Å². The lowest BCUT2D eigenvalue weighted by Crippen LogP contribution is -2.43. The molecule has 0 fully saturated rings. The van der Waals surface area contributed by atoms with Gasteiger partial charge in [0.2, 0.25) is 11.7 Å². The van der Waals surface area contributed by atoms with Crippen LogP contribution in [-0.2, 0) is 0 Å². The molecule has 2 rings (SSSR count). The summed E-state index contributed by atoms with van der Waals surface area (Å²) in [5.74, 6) is -1.02. The van der Waals surface area contributed by atoms with Gasteiger partial charge in [-0.05, 0) is 6.92 Å². The Morgan fingerprint density at radius 2 is 1.83 bits per heavy atom. The molecule has 2 heterocycles. The average molecular weight is 342 g/mol. The zero-order valence-corrected chi connectivity index (χ0v) is 12.9. The first-order chi connectivity index (χ1) is 11.2. The lowest BCUT2D eigenvalue weighted by atomic mass is 10.0. The van der Waals surface area contributed by atoms with Gasteiger partial charge in [-0.15, -0.1) is 10.2 Å². The number of carbonyl (C=O) groups is 1. The third-order valence-electron chi connectivity index (χ3n) is 3.61. The molecule has 0 radical (unpaired) electrons. The van der Waals surface area contributed by atoms with Crippen LogP contribution in [0, 0.1) is 6.92 Å². The summed E-state index contributed by atoms with van der Waals surface area (Å²) in [4.78, 5) is 23.5. The van der Waals surface area contributed by atoms with E-state index < -0.39 is 42.5 Å². The molecule has 24 heavy (non-hydrogen) atoms. The fourth-order valence-corrected chi connectivity index (χ4v) is 2.34. The standard InChI is InChI=1S/C13H18N4O7/c1-5-3-8(21)17(6(2)19)13-15-14-12(16(5)13)11(24)10(23)9(22)7(20)4-18/h3,7,9-11,18,20,22-24H,4H2,1-2H3/t7-,9-,10+,11+/m1/s1. The van der Waals surface area contributed by atoms with Crippen molar-refractivity contribution in [3.63, 3.8) is 0 Å². The molecule has 0 unspecified atom stereocenters. The molecule has 0 aromatic carbocycles. The van der Waals surface area contributed by atoms with E-state index in [-0.39, 0.29) is 17.3 Å². The lowest BCUT2D eigenvalue weighted by molar-refractivity contribution is -0.118. The first-order valence-electron chi connectivity index (χ1n) is 7.02. The topological polar surface area (TPSA) is 170 Å². The predicted molar refractivity (Wildman–Crippen MR) is 78.4 cm³/mol. The summed E-state index contributed by atoms with van der Waals surface area (Å²) in [6.45, 7) is 1.83. The monoisotopic (exact) mass is 342 g/mol. The molecule has 11 nitrogen and oxygen atoms in total. The van der Waals surface area contributed by atoms with E-state index in [1.165, 1.54) is 11.3 Å². The number of hydrogen-bond acceptors (Lipinski definition) is 9. The Labute approximate surface area is 135 Å². The summed E-state index contributed by atoms with van der Waals surface area (Å²) in [7, 11) is 0. The van der Waals surface area contributed by atoms with Crippen LogP contribution in [0.2, 0.25) is 0 Å². The van der Waals surface area contributed by atoms with E-state index >= 15 is 0 Å². The van der Waals surface area contributed by atoms with Gasteiger partial charge in [0.15, 0.2) is 5.82 Å². The summed E-state index contributed by atoms with van der Waals surface area (Å²) in [6, 6.07) is 1.12. The van der Waals surface area contributed by atoms with Crippen molar-refractivity contribution in [2.24, 2.45) is 0 Å². The summed E-state index contributed by atoms with van der Waals surface area (Å²) in [5.41, 5.74) is -0.340. The Balaban J connectivity index is 2.56. The number of aliphatic hydroxyl groups is 5. The highest BCUT2D eigenvalue weighted by atomic mass is 16.4. The van der Waals surface area contributed by atoms with Crippen LogP contribution >= 0.6 is 0 Å². The molecule has 0 spiro atoms. The van der Waals surface area contributed by atoms with Gasteiger partial charge in [-0.3, -0.25) is 14.0 Å². The highest BCUT2D eigenvalue weighted by Gasteiger charge is 2.34. The Bertz CT molecular complexity index is 814. The van der Waals surface area contributed by atoms with Crippen LogP contribution < -0.4 is 5.56 Å². The van der Waals surface area contributed by atoms with Gasteiger partial charge >= 0.3 is 0 Å². The summed E-state index contributed by atoms with van der Waals surface area (Å²) in [6.07, 6.45) is -7.22. The minimum absolute atomic E-state index is 0.161. The number of aliphatic hydroxyl groups excluding tert-OH is 5. The Kier molecular flexibility index (Phi) is 5.11. The largest absolute Gasteiger partial charge is 0.394 e. The van der Waals surface area contributed by atoms with E-state index in [1.807, 2.05) is 0 Å². The minimum Gasteiger partial charge on any atom is -0.394 e. The van der Waals surface area contributed by atoms with Gasteiger partial charge in [0.25, 0.3) is 5.56 Å². The molecule has 0 aliphatic rings. The second kappa shape index (κ2) is 6.75. The Hall–Kier alpha value is -2.18. The van der Waals surface area contributed by atoms with Gasteiger partial charge in [0.05, 0.1) is 6.61 Å². The fraction of sp³-hybridized carbons (Fsp3) is 0.538. The zero-order valence-electron chi connectivity index (χ0n) is 12.9. The molecule has 2 aromatic heterocycles. The fourth-order valence-electron chi connectivity index (χ4n) is 2.34. The Morgan fingerprint density at radius 3 is 2.38 bits per heavy atom. The predicted octanol–water partition coefficient (Wildman–Crippen LogP) is -3.03. The van der Waals surface area contributed by atoms with Crippen molar-refractivity contribution >= 4 is 11.7 Å². The average Bonchev–Trinajstić information content (AvgIpc) is 2.96. The van der Waals surface area contributed by atoms with E-state index in [2.05, 4.69) is 10.2 Å². The minimum atomic E-state index is -1.89. The van der Waals surface area contributed by atoms with Gasteiger partial charge in [0, 0.05) is 18.7 Å². The van der Waals surface area contributed by atoms with Gasteiger partial charge in [-0.25, -0.2) is 4.57 Å². The van der Waals surface area contributed by atoms with Crippen molar-refractivity contribution in [2.45, 2.75) is 38.3 Å². The number of nitrogens with zero attached hydrogens (tertiary/aromatic N) is 4. The van der Waals surface area contributed by atoms with Crippen molar-refractivity contribution in [2.75, 3.05) is 6.61 Å². The van der Waals surface area contributed by atoms with Gasteiger partial charge < -0.3 is 25.5 Å². The molecule has 0 saturated heterocycles. The van der Waals surface area contributed by atoms with Crippen LogP contribution in [0.1, 0.15) is 29.3 Å². The first-order valence-corrected chi connectivity index (χ1v) is 7.02. The van der Waals surface area contributed by atoms with E-state index in [1.54, 1.807) is 0 Å². The van der Waals surface area contributed by atoms with E-state index in [4.69, 9.17) is 5.11 Å². The molecule has 0 bridgehead atoms. The molecular formula is C13H18N4O7. The first kappa shape index (κ1) is 18.2. The second-order valence-electron chi connectivity index (χ2n) is 5.35. The highest BCUT2D eigenvalue weighted by molar-refractivity contribution is 5.79. The molecule has 0 aliphatic heterocycles. The van der Waals surface area contributed by atoms with Crippen LogP contribution in [0.4, 0.5) is 0 Å². The molecule has 4 atom stereocenters. The summed E-state index contributed by atoms with van der Waals surface area (Å²) >= 11 is 0. The molecule has 0 saturated carbocycles. The number of aromatic nitrogens is 4. The Morgan fingerprint density at radius 1 is 1.21 bits per heavy atom. The van der Waals surface area contributed by atoms with Crippen LogP contribution in [0.5, 0.6) is 0 Å². The molecule has 132 valence electrons. The van der Waals surface area contributed by atoms with Gasteiger partial charge in [0.1, 0.15) is 24.4 Å². The quantitative estimate of drug-likeness (QED) is 0.379. The van der Waals surface area contributed by atoms with Gasteiger partial charge in [-0.2, -0.15) is 0 Å². The summed E-state index contributed by atoms with van der Waals surface area (Å²) in [5, 5.41) is 55.4. The molecule has 0 aliphatic carbocycles. The van der Waals surface area contributed by atoms with Crippen molar-refractivity contribution < 1.29 is 30.3 Å². The molecule has 2 aromatic rings. The van der Waals surface area contributed by atoms with Crippen molar-refractivity contribution in [1.29, 1.82) is 0 Å². The normalized spacial score (nSPS) is 16.8. The number of fused-ring (bicyclic) bond motifs is 1. The third-order valence-corrected chi connectivity index (χ3v) is 3.61. The van der Waals surface area contributed by atoms with Crippen molar-refractivity contribution in [1.82, 2.24) is 19.2 Å². The van der Waals surface area contributed by atoms with Crippen molar-refractivity contribution in [3.8, 4) is 0 Å². The summed E-state index contributed by atoms with van der Waals surface area (Å²) < 4.78 is 1.91. The van der Waals surface area contributed by atoms with E-state index in [0.29, 0.717) is 0 Å². The lowest BCUT2D eigenvalue weighted by Gasteiger charge is -2.24. The zero-order chi connectivity index (χ0) is 18.2. The maximum absolute atomic E-state index is 11.9. The number of rotatable bonds is 5. The maximum atomic E-state index is 11.9. The van der Waals surface area contributed by atoms with Crippen LogP contribution in [0.3, 0.4) is 0 Å². The second-order valence-corrected chi connectivity index (χ2v) is 5.35. The van der Waals surface area contributed by atoms with Gasteiger partial charge in [-0.1, -0.05) is 0 Å². The molecular weight excluding hydrogens is 324 g/mol. The van der Waals surface area contributed by atoms with E-state index in [0.717, 1.165) is 17.6 Å². The SMILES string of the molecule is CC(=O)n1c(=O)cc(C)n2c([C@@H](O)[C@@H](O)[C@H](O)[C@H](O)CO)nnc12. The van der Waals surface area contributed by atoms with Crippen LogP contribution in [-0.4, -0.2) is 75.5 Å². The number of carbonyl (C=O) groups excluding carboxylic acids is 1. The van der Waals surface area contributed by atoms with E-state index in [9.17, 15) is 30.0 Å². The third kappa shape index (κ3) is 2.95. The maximum Gasteiger partial charge on any atom is 0.261 e. The van der Waals surface area contributed by atoms with Crippen LogP contribution in [0.25, 0.3) is 5.78 Å². The molecule has 5 N–H and O–H groups in total. The van der Waals surface area contributed by atoms with Crippen molar-refractivity contribution in [3.05, 3.63) is 27.9 Å². The number of aryl methyl sites for hydroxylation is 1. The smallest absolute Gasteiger partial charge is 0.261 e. The number of hydrogen-bond donors (Lipinski definition) is 5. The molecule has 11 heteroatoms.